The summed E-state index contributed by atoms with van der Waals surface area (Å²) in [5.74, 6) is 0. The molecule has 0 amide bonds. The van der Waals surface area contributed by atoms with E-state index in [9.17, 15) is 13.2 Å². The number of nitriles is 1. The van der Waals surface area contributed by atoms with Gasteiger partial charge < -0.3 is 5.32 Å². The van der Waals surface area contributed by atoms with Gasteiger partial charge in [0.25, 0.3) is 0 Å². The Kier molecular flexibility index (Phi) is 4.53. The summed E-state index contributed by atoms with van der Waals surface area (Å²) in [6.07, 6.45) is -4.36. The summed E-state index contributed by atoms with van der Waals surface area (Å²) in [7, 11) is 0. The predicted molar refractivity (Wildman–Crippen MR) is 77.6 cm³/mol. The third kappa shape index (κ3) is 3.99. The highest BCUT2D eigenvalue weighted by molar-refractivity contribution is 9.10. The van der Waals surface area contributed by atoms with Crippen LogP contribution in [-0.2, 0) is 12.7 Å². The van der Waals surface area contributed by atoms with Crippen molar-refractivity contribution in [1.29, 1.82) is 5.26 Å². The van der Waals surface area contributed by atoms with Crippen LogP contribution < -0.4 is 5.32 Å². The van der Waals surface area contributed by atoms with E-state index in [-0.39, 0.29) is 0 Å². The fraction of sp³-hybridized carbons (Fsp3) is 0.133. The minimum atomic E-state index is -4.36. The van der Waals surface area contributed by atoms with Crippen LogP contribution in [0.1, 0.15) is 16.7 Å². The summed E-state index contributed by atoms with van der Waals surface area (Å²) in [5.41, 5.74) is 1.28. The molecule has 0 aromatic heterocycles. The van der Waals surface area contributed by atoms with Gasteiger partial charge in [-0.3, -0.25) is 0 Å². The number of rotatable bonds is 3. The zero-order valence-electron chi connectivity index (χ0n) is 10.7. The second kappa shape index (κ2) is 6.19. The van der Waals surface area contributed by atoms with Crippen LogP contribution in [0.4, 0.5) is 18.9 Å². The number of alkyl halides is 3. The molecule has 0 unspecified atom stereocenters. The third-order valence-corrected chi connectivity index (χ3v) is 3.49. The van der Waals surface area contributed by atoms with Crippen LogP contribution in [0.5, 0.6) is 0 Å². The average molecular weight is 355 g/mol. The molecule has 0 fully saturated rings. The Hall–Kier alpha value is -2.00. The number of hydrogen-bond acceptors (Lipinski definition) is 2. The first-order valence-electron chi connectivity index (χ1n) is 6.00. The molecule has 0 aliphatic heterocycles. The van der Waals surface area contributed by atoms with Gasteiger partial charge in [-0.2, -0.15) is 18.4 Å². The zero-order valence-corrected chi connectivity index (χ0v) is 12.3. The molecular formula is C15H10BrF3N2. The number of nitrogens with one attached hydrogen (secondary N) is 1. The van der Waals surface area contributed by atoms with Gasteiger partial charge in [0.1, 0.15) is 0 Å². The molecule has 0 bridgehead atoms. The number of halogens is 4. The topological polar surface area (TPSA) is 35.8 Å². The first-order chi connectivity index (χ1) is 9.90. The molecule has 0 spiro atoms. The lowest BCUT2D eigenvalue weighted by molar-refractivity contribution is -0.137. The molecule has 6 heteroatoms. The first-order valence-corrected chi connectivity index (χ1v) is 6.79. The Balaban J connectivity index is 2.12. The Morgan fingerprint density at radius 2 is 1.90 bits per heavy atom. The molecule has 1 N–H and O–H groups in total. The number of hydrogen-bond donors (Lipinski definition) is 1. The van der Waals surface area contributed by atoms with E-state index in [1.54, 1.807) is 18.2 Å². The second-order valence-electron chi connectivity index (χ2n) is 4.36. The molecule has 108 valence electrons. The largest absolute Gasteiger partial charge is 0.416 e. The molecule has 0 atom stereocenters. The van der Waals surface area contributed by atoms with Crippen molar-refractivity contribution >= 4 is 21.6 Å². The van der Waals surface area contributed by atoms with Gasteiger partial charge in [-0.1, -0.05) is 12.1 Å². The molecular weight excluding hydrogens is 345 g/mol. The van der Waals surface area contributed by atoms with Gasteiger partial charge in [0.05, 0.1) is 17.2 Å². The van der Waals surface area contributed by atoms with E-state index in [1.807, 2.05) is 12.1 Å². The third-order valence-electron chi connectivity index (χ3n) is 2.84. The highest BCUT2D eigenvalue weighted by Gasteiger charge is 2.30. The Morgan fingerprint density at radius 3 is 2.52 bits per heavy atom. The molecule has 2 nitrogen and oxygen atoms in total. The second-order valence-corrected chi connectivity index (χ2v) is 5.21. The maximum Gasteiger partial charge on any atom is 0.416 e. The Labute approximate surface area is 128 Å². The van der Waals surface area contributed by atoms with Crippen molar-refractivity contribution in [2.24, 2.45) is 0 Å². The first kappa shape index (κ1) is 15.4. The van der Waals surface area contributed by atoms with Crippen LogP contribution in [0, 0.1) is 11.3 Å². The summed E-state index contributed by atoms with van der Waals surface area (Å²) in [6, 6.07) is 12.5. The number of nitrogens with zero attached hydrogens (tertiary/aromatic N) is 1. The van der Waals surface area contributed by atoms with Crippen LogP contribution in [0.25, 0.3) is 0 Å². The summed E-state index contributed by atoms with van der Waals surface area (Å²) in [4.78, 5) is 0. The maximum atomic E-state index is 12.6. The summed E-state index contributed by atoms with van der Waals surface area (Å²) >= 11 is 3.13. The number of anilines is 1. The van der Waals surface area contributed by atoms with E-state index in [2.05, 4.69) is 21.2 Å². The van der Waals surface area contributed by atoms with Gasteiger partial charge in [0.15, 0.2) is 0 Å². The van der Waals surface area contributed by atoms with E-state index in [1.165, 1.54) is 6.07 Å². The van der Waals surface area contributed by atoms with E-state index in [0.29, 0.717) is 22.3 Å². The van der Waals surface area contributed by atoms with Crippen molar-refractivity contribution in [2.75, 3.05) is 5.32 Å². The average Bonchev–Trinajstić information content (AvgIpc) is 2.45. The lowest BCUT2D eigenvalue weighted by atomic mass is 10.1. The molecule has 0 radical (unpaired) electrons. The fourth-order valence-electron chi connectivity index (χ4n) is 1.78. The SMILES string of the molecule is N#Cc1cccc(CNc2ccc(C(F)(F)F)cc2Br)c1. The van der Waals surface area contributed by atoms with Crippen LogP contribution >= 0.6 is 15.9 Å². The van der Waals surface area contributed by atoms with E-state index < -0.39 is 11.7 Å². The van der Waals surface area contributed by atoms with Crippen molar-refractivity contribution in [1.82, 2.24) is 0 Å². The van der Waals surface area contributed by atoms with Gasteiger partial charge in [-0.05, 0) is 51.8 Å². The van der Waals surface area contributed by atoms with Gasteiger partial charge >= 0.3 is 6.18 Å². The fourth-order valence-corrected chi connectivity index (χ4v) is 2.30. The minimum Gasteiger partial charge on any atom is -0.380 e. The van der Waals surface area contributed by atoms with Gasteiger partial charge in [-0.25, -0.2) is 0 Å². The molecule has 0 aliphatic rings. The summed E-state index contributed by atoms with van der Waals surface area (Å²) in [5, 5.41) is 11.8. The summed E-state index contributed by atoms with van der Waals surface area (Å²) in [6.45, 7) is 0.416. The van der Waals surface area contributed by atoms with Crippen LogP contribution in [0.3, 0.4) is 0 Å². The highest BCUT2D eigenvalue weighted by Crippen LogP contribution is 2.34. The predicted octanol–water partition coefficient (Wildman–Crippen LogP) is 4.95. The van der Waals surface area contributed by atoms with E-state index in [4.69, 9.17) is 5.26 Å². The molecule has 2 aromatic carbocycles. The lowest BCUT2D eigenvalue weighted by Gasteiger charge is -2.12. The van der Waals surface area contributed by atoms with Crippen molar-refractivity contribution in [3.63, 3.8) is 0 Å². The highest BCUT2D eigenvalue weighted by atomic mass is 79.9. The van der Waals surface area contributed by atoms with Gasteiger partial charge in [-0.15, -0.1) is 0 Å². The monoisotopic (exact) mass is 354 g/mol. The normalized spacial score (nSPS) is 11.0. The van der Waals surface area contributed by atoms with Crippen LogP contribution in [-0.4, -0.2) is 0 Å². The van der Waals surface area contributed by atoms with E-state index in [0.717, 1.165) is 17.7 Å². The minimum absolute atomic E-state index is 0.341. The number of benzene rings is 2. The van der Waals surface area contributed by atoms with Gasteiger partial charge in [0, 0.05) is 16.7 Å². The maximum absolute atomic E-state index is 12.6. The summed E-state index contributed by atoms with van der Waals surface area (Å²) < 4.78 is 38.0. The molecule has 0 aliphatic carbocycles. The van der Waals surface area contributed by atoms with Gasteiger partial charge in [0.2, 0.25) is 0 Å². The van der Waals surface area contributed by atoms with Crippen LogP contribution in [0.15, 0.2) is 46.9 Å². The molecule has 2 aromatic rings. The smallest absolute Gasteiger partial charge is 0.380 e. The van der Waals surface area contributed by atoms with Crippen molar-refractivity contribution in [2.45, 2.75) is 12.7 Å². The van der Waals surface area contributed by atoms with Crippen LogP contribution in [0.2, 0.25) is 0 Å². The molecule has 0 saturated heterocycles. The molecule has 0 heterocycles. The lowest BCUT2D eigenvalue weighted by Crippen LogP contribution is -2.06. The Morgan fingerprint density at radius 1 is 1.14 bits per heavy atom. The van der Waals surface area contributed by atoms with E-state index >= 15 is 0 Å². The molecule has 2 rings (SSSR count). The molecule has 0 saturated carbocycles. The standard InChI is InChI=1S/C15H10BrF3N2/c16-13-7-12(15(17,18)19)4-5-14(13)21-9-11-3-1-2-10(6-11)8-20/h1-7,21H,9H2. The van der Waals surface area contributed by atoms with Crippen molar-refractivity contribution < 1.29 is 13.2 Å². The Bertz CT molecular complexity index is 690. The van der Waals surface area contributed by atoms with Crippen molar-refractivity contribution in [3.05, 3.63) is 63.6 Å². The zero-order chi connectivity index (χ0) is 15.5. The quantitative estimate of drug-likeness (QED) is 0.846. The molecule has 21 heavy (non-hydrogen) atoms. The van der Waals surface area contributed by atoms with Crippen molar-refractivity contribution in [3.8, 4) is 6.07 Å².